The molecule has 4 nitrogen and oxygen atoms in total. The van der Waals surface area contributed by atoms with Gasteiger partial charge in [-0.3, -0.25) is 4.79 Å². The zero-order valence-electron chi connectivity index (χ0n) is 15.2. The Morgan fingerprint density at radius 3 is 2.61 bits per heavy atom. The number of carbonyl (C=O) groups is 1. The Labute approximate surface area is 139 Å². The van der Waals surface area contributed by atoms with Crippen LogP contribution in [0.25, 0.3) is 10.9 Å². The van der Waals surface area contributed by atoms with Crippen molar-refractivity contribution in [3.05, 3.63) is 35.0 Å². The maximum Gasteiger partial charge on any atom is 0.224 e. The van der Waals surface area contributed by atoms with Crippen LogP contribution < -0.4 is 5.32 Å². The molecule has 0 aliphatic rings. The molecule has 1 aromatic heterocycles. The minimum Gasteiger partial charge on any atom is -0.358 e. The normalized spacial score (nSPS) is 12.1. The Morgan fingerprint density at radius 2 is 1.96 bits per heavy atom. The first-order valence-electron chi connectivity index (χ1n) is 8.17. The number of rotatable bonds is 6. The number of aromatic nitrogens is 1. The van der Waals surface area contributed by atoms with Gasteiger partial charge in [-0.05, 0) is 51.1 Å². The van der Waals surface area contributed by atoms with Gasteiger partial charge in [0.15, 0.2) is 0 Å². The number of benzene rings is 1. The van der Waals surface area contributed by atoms with Gasteiger partial charge in [-0.25, -0.2) is 0 Å². The molecule has 0 aliphatic carbocycles. The van der Waals surface area contributed by atoms with E-state index in [0.29, 0.717) is 13.0 Å². The maximum atomic E-state index is 12.4. The van der Waals surface area contributed by atoms with Gasteiger partial charge in [-0.15, -0.1) is 0 Å². The number of nitrogens with one attached hydrogen (secondary N) is 2. The van der Waals surface area contributed by atoms with Crippen molar-refractivity contribution in [2.24, 2.45) is 5.41 Å². The van der Waals surface area contributed by atoms with Gasteiger partial charge in [0, 0.05) is 29.7 Å². The lowest BCUT2D eigenvalue weighted by atomic mass is 9.93. The molecule has 0 fully saturated rings. The lowest BCUT2D eigenvalue weighted by Gasteiger charge is -2.28. The molecule has 0 bridgehead atoms. The Morgan fingerprint density at radius 1 is 1.26 bits per heavy atom. The van der Waals surface area contributed by atoms with Crippen LogP contribution in [0.5, 0.6) is 0 Å². The smallest absolute Gasteiger partial charge is 0.224 e. The first-order valence-corrected chi connectivity index (χ1v) is 8.17. The van der Waals surface area contributed by atoms with Crippen molar-refractivity contribution in [2.45, 2.75) is 34.1 Å². The highest BCUT2D eigenvalue weighted by molar-refractivity contribution is 5.90. The minimum atomic E-state index is 0.0605. The summed E-state index contributed by atoms with van der Waals surface area (Å²) in [5, 5.41) is 4.25. The number of carbonyl (C=O) groups excluding carboxylic acids is 1. The molecule has 1 amide bonds. The molecule has 2 rings (SSSR count). The van der Waals surface area contributed by atoms with Gasteiger partial charge >= 0.3 is 0 Å². The van der Waals surface area contributed by atoms with Crippen molar-refractivity contribution in [1.29, 1.82) is 0 Å². The summed E-state index contributed by atoms with van der Waals surface area (Å²) in [5.41, 5.74) is 4.55. The number of H-pyrrole nitrogens is 1. The molecule has 0 saturated carbocycles. The Balaban J connectivity index is 2.06. The molecule has 0 spiro atoms. The lowest BCUT2D eigenvalue weighted by Crippen LogP contribution is -2.40. The quantitative estimate of drug-likeness (QED) is 0.861. The van der Waals surface area contributed by atoms with E-state index >= 15 is 0 Å². The molecule has 4 heteroatoms. The molecule has 0 aliphatic heterocycles. The van der Waals surface area contributed by atoms with Crippen molar-refractivity contribution in [2.75, 3.05) is 27.2 Å². The fourth-order valence-electron chi connectivity index (χ4n) is 3.20. The largest absolute Gasteiger partial charge is 0.358 e. The van der Waals surface area contributed by atoms with Crippen molar-refractivity contribution < 1.29 is 4.79 Å². The lowest BCUT2D eigenvalue weighted by molar-refractivity contribution is -0.120. The standard InChI is InChI=1S/C19H29N3O/c1-13-7-8-17-16(9-13)15(14(2)21-17)10-18(23)20-11-19(3,4)12-22(5)6/h7-9,21H,10-12H2,1-6H3,(H,20,23). The Kier molecular flexibility index (Phi) is 5.15. The van der Waals surface area contributed by atoms with E-state index in [9.17, 15) is 4.79 Å². The van der Waals surface area contributed by atoms with Gasteiger partial charge in [0.1, 0.15) is 0 Å². The van der Waals surface area contributed by atoms with Crippen molar-refractivity contribution in [3.63, 3.8) is 0 Å². The molecule has 0 saturated heterocycles. The number of aryl methyl sites for hydroxylation is 2. The second-order valence-corrected chi connectivity index (χ2v) is 7.63. The van der Waals surface area contributed by atoms with E-state index in [1.807, 2.05) is 6.92 Å². The third-order valence-corrected chi connectivity index (χ3v) is 4.12. The van der Waals surface area contributed by atoms with Crippen LogP contribution in [-0.2, 0) is 11.2 Å². The average molecular weight is 315 g/mol. The summed E-state index contributed by atoms with van der Waals surface area (Å²) in [5.74, 6) is 0.0855. The molecule has 2 aromatic rings. The highest BCUT2D eigenvalue weighted by Gasteiger charge is 2.20. The van der Waals surface area contributed by atoms with E-state index in [1.54, 1.807) is 0 Å². The fourth-order valence-corrected chi connectivity index (χ4v) is 3.20. The van der Waals surface area contributed by atoms with E-state index in [1.165, 1.54) is 5.56 Å². The highest BCUT2D eigenvalue weighted by atomic mass is 16.1. The molecular formula is C19H29N3O. The number of amides is 1. The topological polar surface area (TPSA) is 48.1 Å². The molecule has 126 valence electrons. The Hall–Kier alpha value is -1.81. The highest BCUT2D eigenvalue weighted by Crippen LogP contribution is 2.24. The van der Waals surface area contributed by atoms with Gasteiger partial charge < -0.3 is 15.2 Å². The molecule has 2 N–H and O–H groups in total. The van der Waals surface area contributed by atoms with Crippen LogP contribution in [0.15, 0.2) is 18.2 Å². The summed E-state index contributed by atoms with van der Waals surface area (Å²) < 4.78 is 0. The zero-order valence-corrected chi connectivity index (χ0v) is 15.2. The number of hydrogen-bond acceptors (Lipinski definition) is 2. The fraction of sp³-hybridized carbons (Fsp3) is 0.526. The summed E-state index contributed by atoms with van der Waals surface area (Å²) in [7, 11) is 4.11. The third-order valence-electron chi connectivity index (χ3n) is 4.12. The van der Waals surface area contributed by atoms with Gasteiger partial charge in [-0.2, -0.15) is 0 Å². The first-order chi connectivity index (χ1) is 10.7. The third kappa shape index (κ3) is 4.58. The van der Waals surface area contributed by atoms with Crippen LogP contribution in [0.1, 0.15) is 30.7 Å². The van der Waals surface area contributed by atoms with Gasteiger partial charge in [-0.1, -0.05) is 25.5 Å². The van der Waals surface area contributed by atoms with E-state index in [-0.39, 0.29) is 11.3 Å². The van der Waals surface area contributed by atoms with E-state index in [4.69, 9.17) is 0 Å². The molecule has 23 heavy (non-hydrogen) atoms. The monoisotopic (exact) mass is 315 g/mol. The summed E-state index contributed by atoms with van der Waals surface area (Å²) in [6, 6.07) is 6.32. The number of aromatic amines is 1. The zero-order chi connectivity index (χ0) is 17.2. The predicted octanol–water partition coefficient (Wildman–Crippen LogP) is 3.03. The SMILES string of the molecule is Cc1ccc2[nH]c(C)c(CC(=O)NCC(C)(C)CN(C)C)c2c1. The van der Waals surface area contributed by atoms with Crippen LogP contribution in [0, 0.1) is 19.3 Å². The van der Waals surface area contributed by atoms with Crippen molar-refractivity contribution in [1.82, 2.24) is 15.2 Å². The van der Waals surface area contributed by atoms with Crippen LogP contribution >= 0.6 is 0 Å². The van der Waals surface area contributed by atoms with Crippen molar-refractivity contribution >= 4 is 16.8 Å². The van der Waals surface area contributed by atoms with Crippen LogP contribution in [0.2, 0.25) is 0 Å². The van der Waals surface area contributed by atoms with Gasteiger partial charge in [0.2, 0.25) is 5.91 Å². The number of nitrogens with zero attached hydrogens (tertiary/aromatic N) is 1. The van der Waals surface area contributed by atoms with Crippen molar-refractivity contribution in [3.8, 4) is 0 Å². The van der Waals surface area contributed by atoms with Crippen LogP contribution in [0.4, 0.5) is 0 Å². The molecular weight excluding hydrogens is 286 g/mol. The Bertz CT molecular complexity index is 698. The number of hydrogen-bond donors (Lipinski definition) is 2. The predicted molar refractivity (Wildman–Crippen MR) is 96.8 cm³/mol. The van der Waals surface area contributed by atoms with E-state index in [2.05, 4.69) is 68.3 Å². The second kappa shape index (κ2) is 6.75. The molecule has 1 aromatic carbocycles. The van der Waals surface area contributed by atoms with E-state index < -0.39 is 0 Å². The van der Waals surface area contributed by atoms with Crippen LogP contribution in [0.3, 0.4) is 0 Å². The summed E-state index contributed by atoms with van der Waals surface area (Å²) in [6.45, 7) is 10.1. The molecule has 0 unspecified atom stereocenters. The summed E-state index contributed by atoms with van der Waals surface area (Å²) in [6.07, 6.45) is 0.424. The summed E-state index contributed by atoms with van der Waals surface area (Å²) in [4.78, 5) is 17.9. The van der Waals surface area contributed by atoms with Gasteiger partial charge in [0.25, 0.3) is 0 Å². The molecule has 1 heterocycles. The maximum absolute atomic E-state index is 12.4. The second-order valence-electron chi connectivity index (χ2n) is 7.63. The average Bonchev–Trinajstić information content (AvgIpc) is 2.72. The van der Waals surface area contributed by atoms with Gasteiger partial charge in [0.05, 0.1) is 6.42 Å². The summed E-state index contributed by atoms with van der Waals surface area (Å²) >= 11 is 0. The molecule has 0 radical (unpaired) electrons. The molecule has 0 atom stereocenters. The first kappa shape index (κ1) is 17.5. The number of fused-ring (bicyclic) bond motifs is 1. The van der Waals surface area contributed by atoms with E-state index in [0.717, 1.165) is 28.7 Å². The minimum absolute atomic E-state index is 0.0605. The van der Waals surface area contributed by atoms with Crippen LogP contribution in [-0.4, -0.2) is 43.0 Å².